The van der Waals surface area contributed by atoms with Crippen molar-refractivity contribution in [2.24, 2.45) is 11.8 Å². The van der Waals surface area contributed by atoms with Gasteiger partial charge in [-0.1, -0.05) is 13.8 Å². The molecule has 0 spiro atoms. The number of hydrogen-bond acceptors (Lipinski definition) is 3. The summed E-state index contributed by atoms with van der Waals surface area (Å²) < 4.78 is 5.91. The van der Waals surface area contributed by atoms with Gasteiger partial charge in [0.2, 0.25) is 5.91 Å². The van der Waals surface area contributed by atoms with Crippen molar-refractivity contribution in [2.45, 2.75) is 13.8 Å². The third kappa shape index (κ3) is 3.48. The van der Waals surface area contributed by atoms with Gasteiger partial charge >= 0.3 is 0 Å². The maximum Gasteiger partial charge on any atom is 0.244 e. The fraction of sp³-hybridized carbons (Fsp3) is 0.429. The minimum absolute atomic E-state index is 0.0124. The number of anilines is 1. The van der Waals surface area contributed by atoms with Crippen LogP contribution in [-0.4, -0.2) is 20.1 Å². The summed E-state index contributed by atoms with van der Waals surface area (Å²) in [6.45, 7) is 3.73. The number of rotatable bonds is 4. The Morgan fingerprint density at radius 1 is 1.47 bits per heavy atom. The Morgan fingerprint density at radius 3 is 2.53 bits per heavy atom. The number of benzene rings is 1. The molecule has 1 unspecified atom stereocenters. The van der Waals surface area contributed by atoms with Crippen LogP contribution in [0.1, 0.15) is 13.8 Å². The van der Waals surface area contributed by atoms with Crippen LogP contribution in [0.4, 0.5) is 5.69 Å². The maximum absolute atomic E-state index is 12.2. The number of hydrogen-bond donors (Lipinski definition) is 0. The van der Waals surface area contributed by atoms with E-state index in [0.717, 1.165) is 10.2 Å². The third-order valence-electron chi connectivity index (χ3n) is 2.93. The number of methoxy groups -OCH3 is 1. The molecule has 0 radical (unpaired) electrons. The lowest BCUT2D eigenvalue weighted by Crippen LogP contribution is -2.34. The van der Waals surface area contributed by atoms with Crippen LogP contribution in [0.15, 0.2) is 22.7 Å². The van der Waals surface area contributed by atoms with E-state index >= 15 is 0 Å². The van der Waals surface area contributed by atoms with Crippen molar-refractivity contribution in [1.29, 1.82) is 5.26 Å². The van der Waals surface area contributed by atoms with E-state index in [2.05, 4.69) is 22.0 Å². The molecule has 0 aliphatic rings. The van der Waals surface area contributed by atoms with E-state index < -0.39 is 5.92 Å². The molecule has 0 bridgehead atoms. The highest BCUT2D eigenvalue weighted by Gasteiger charge is 2.25. The SMILES string of the molecule is COc1ccc(N(C)C(=O)C(C#N)C(C)C)cc1Br. The van der Waals surface area contributed by atoms with E-state index in [1.54, 1.807) is 32.4 Å². The smallest absolute Gasteiger partial charge is 0.244 e. The normalized spacial score (nSPS) is 11.8. The molecule has 5 heteroatoms. The first-order valence-electron chi connectivity index (χ1n) is 5.93. The summed E-state index contributed by atoms with van der Waals surface area (Å²) in [5, 5.41) is 9.07. The van der Waals surface area contributed by atoms with Crippen molar-refractivity contribution in [3.63, 3.8) is 0 Å². The lowest BCUT2D eigenvalue weighted by molar-refractivity contribution is -0.121. The Morgan fingerprint density at radius 2 is 2.11 bits per heavy atom. The second-order valence-corrected chi connectivity index (χ2v) is 5.42. The topological polar surface area (TPSA) is 53.3 Å². The summed E-state index contributed by atoms with van der Waals surface area (Å²) in [6.07, 6.45) is 0. The van der Waals surface area contributed by atoms with Crippen molar-refractivity contribution < 1.29 is 9.53 Å². The molecule has 0 saturated carbocycles. The van der Waals surface area contributed by atoms with Gasteiger partial charge in [-0.15, -0.1) is 0 Å². The highest BCUT2D eigenvalue weighted by atomic mass is 79.9. The quantitative estimate of drug-likeness (QED) is 0.854. The van der Waals surface area contributed by atoms with E-state index in [1.165, 1.54) is 4.90 Å². The largest absolute Gasteiger partial charge is 0.496 e. The first kappa shape index (κ1) is 15.5. The van der Waals surface area contributed by atoms with E-state index in [-0.39, 0.29) is 11.8 Å². The summed E-state index contributed by atoms with van der Waals surface area (Å²) in [7, 11) is 3.25. The first-order chi connectivity index (χ1) is 8.92. The minimum atomic E-state index is -0.633. The molecule has 4 nitrogen and oxygen atoms in total. The predicted octanol–water partition coefficient (Wildman–Crippen LogP) is 3.22. The summed E-state index contributed by atoms with van der Waals surface area (Å²) in [5.41, 5.74) is 0.721. The molecule has 19 heavy (non-hydrogen) atoms. The minimum Gasteiger partial charge on any atom is -0.496 e. The molecule has 1 atom stereocenters. The van der Waals surface area contributed by atoms with Crippen molar-refractivity contribution >= 4 is 27.5 Å². The van der Waals surface area contributed by atoms with Crippen LogP contribution in [0.5, 0.6) is 5.75 Å². The summed E-state index contributed by atoms with van der Waals surface area (Å²) in [6, 6.07) is 7.42. The fourth-order valence-electron chi connectivity index (χ4n) is 1.69. The van der Waals surface area contributed by atoms with Crippen LogP contribution in [0, 0.1) is 23.2 Å². The Bertz CT molecular complexity index is 509. The van der Waals surface area contributed by atoms with Gasteiger partial charge in [0.25, 0.3) is 0 Å². The molecule has 1 amide bonds. The zero-order chi connectivity index (χ0) is 14.6. The fourth-order valence-corrected chi connectivity index (χ4v) is 2.22. The molecule has 102 valence electrons. The van der Waals surface area contributed by atoms with Gasteiger partial charge in [-0.2, -0.15) is 5.26 Å². The lowest BCUT2D eigenvalue weighted by Gasteiger charge is -2.22. The van der Waals surface area contributed by atoms with Gasteiger partial charge in [-0.3, -0.25) is 4.79 Å². The van der Waals surface area contributed by atoms with Crippen LogP contribution in [-0.2, 0) is 4.79 Å². The number of ether oxygens (including phenoxy) is 1. The van der Waals surface area contributed by atoms with Gasteiger partial charge in [0.05, 0.1) is 17.7 Å². The molecule has 0 aliphatic carbocycles. The van der Waals surface area contributed by atoms with E-state index in [0.29, 0.717) is 5.75 Å². The number of nitriles is 1. The Labute approximate surface area is 122 Å². The number of halogens is 1. The van der Waals surface area contributed by atoms with Crippen LogP contribution in [0.2, 0.25) is 0 Å². The van der Waals surface area contributed by atoms with E-state index in [9.17, 15) is 4.79 Å². The zero-order valence-corrected chi connectivity index (χ0v) is 13.1. The van der Waals surface area contributed by atoms with Gasteiger partial charge in [0.1, 0.15) is 11.7 Å². The van der Waals surface area contributed by atoms with Gasteiger partial charge in [0.15, 0.2) is 0 Å². The van der Waals surface area contributed by atoms with Crippen molar-refractivity contribution in [3.8, 4) is 11.8 Å². The highest BCUT2D eigenvalue weighted by Crippen LogP contribution is 2.30. The molecule has 1 aromatic carbocycles. The number of carbonyl (C=O) groups is 1. The number of nitrogens with zero attached hydrogens (tertiary/aromatic N) is 2. The molecule has 0 heterocycles. The molecule has 0 aromatic heterocycles. The molecular formula is C14H17BrN2O2. The molecule has 0 aliphatic heterocycles. The lowest BCUT2D eigenvalue weighted by atomic mass is 9.96. The number of amides is 1. The molecule has 0 fully saturated rings. The maximum atomic E-state index is 12.2. The van der Waals surface area contributed by atoms with Crippen LogP contribution < -0.4 is 9.64 Å². The van der Waals surface area contributed by atoms with Gasteiger partial charge in [-0.05, 0) is 40.0 Å². The monoisotopic (exact) mass is 324 g/mol. The van der Waals surface area contributed by atoms with Gasteiger partial charge < -0.3 is 9.64 Å². The molecular weight excluding hydrogens is 308 g/mol. The van der Waals surface area contributed by atoms with Crippen LogP contribution >= 0.6 is 15.9 Å². The average Bonchev–Trinajstić information content (AvgIpc) is 2.37. The number of carbonyl (C=O) groups excluding carboxylic acids is 1. The summed E-state index contributed by atoms with van der Waals surface area (Å²) in [5.74, 6) is -0.146. The van der Waals surface area contributed by atoms with Crippen molar-refractivity contribution in [3.05, 3.63) is 22.7 Å². The summed E-state index contributed by atoms with van der Waals surface area (Å²) in [4.78, 5) is 13.7. The van der Waals surface area contributed by atoms with E-state index in [4.69, 9.17) is 10.00 Å². The van der Waals surface area contributed by atoms with Gasteiger partial charge in [0, 0.05) is 12.7 Å². The molecule has 0 N–H and O–H groups in total. The average molecular weight is 325 g/mol. The molecule has 1 aromatic rings. The Kier molecular flexibility index (Phi) is 5.37. The highest BCUT2D eigenvalue weighted by molar-refractivity contribution is 9.10. The summed E-state index contributed by atoms with van der Waals surface area (Å²) >= 11 is 3.38. The van der Waals surface area contributed by atoms with Crippen molar-refractivity contribution in [1.82, 2.24) is 0 Å². The standard InChI is InChI=1S/C14H17BrN2O2/c1-9(2)11(8-16)14(18)17(3)10-5-6-13(19-4)12(15)7-10/h5-7,9,11H,1-4H3. The Balaban J connectivity index is 3.00. The van der Waals surface area contributed by atoms with Crippen molar-refractivity contribution in [2.75, 3.05) is 19.1 Å². The second kappa shape index (κ2) is 6.58. The first-order valence-corrected chi connectivity index (χ1v) is 6.72. The third-order valence-corrected chi connectivity index (χ3v) is 3.54. The molecule has 0 saturated heterocycles. The van der Waals surface area contributed by atoms with Crippen LogP contribution in [0.3, 0.4) is 0 Å². The van der Waals surface area contributed by atoms with Crippen LogP contribution in [0.25, 0.3) is 0 Å². The second-order valence-electron chi connectivity index (χ2n) is 4.57. The van der Waals surface area contributed by atoms with E-state index in [1.807, 2.05) is 13.8 Å². The zero-order valence-electron chi connectivity index (χ0n) is 11.5. The predicted molar refractivity (Wildman–Crippen MR) is 78.0 cm³/mol. The Hall–Kier alpha value is -1.54. The van der Waals surface area contributed by atoms with Gasteiger partial charge in [-0.25, -0.2) is 0 Å². The molecule has 1 rings (SSSR count).